The zero-order valence-corrected chi connectivity index (χ0v) is 8.18. The van der Waals surface area contributed by atoms with Gasteiger partial charge in [-0.05, 0) is 5.56 Å². The molecular weight excluding hydrogens is 196 g/mol. The van der Waals surface area contributed by atoms with E-state index in [2.05, 4.69) is 5.32 Å². The van der Waals surface area contributed by atoms with Crippen LogP contribution in [-0.4, -0.2) is 24.2 Å². The van der Waals surface area contributed by atoms with Crippen molar-refractivity contribution >= 4 is 5.69 Å². The minimum Gasteiger partial charge on any atom is -0.378 e. The lowest BCUT2D eigenvalue weighted by molar-refractivity contribution is -0.384. The molecule has 2 rings (SSSR count). The Bertz CT molecular complexity index is 363. The zero-order valence-electron chi connectivity index (χ0n) is 8.18. The van der Waals surface area contributed by atoms with E-state index in [0.717, 1.165) is 18.8 Å². The normalized spacial score (nSPS) is 16.0. The second-order valence-corrected chi connectivity index (χ2v) is 3.54. The van der Waals surface area contributed by atoms with Crippen molar-refractivity contribution in [1.82, 2.24) is 5.32 Å². The first-order valence-corrected chi connectivity index (χ1v) is 4.80. The molecule has 1 aliphatic heterocycles. The highest BCUT2D eigenvalue weighted by Gasteiger charge is 2.17. The van der Waals surface area contributed by atoms with Crippen LogP contribution in [0.1, 0.15) is 5.56 Å². The molecule has 0 unspecified atom stereocenters. The van der Waals surface area contributed by atoms with Crippen LogP contribution in [0.3, 0.4) is 0 Å². The molecule has 1 heterocycles. The number of benzene rings is 1. The van der Waals surface area contributed by atoms with Gasteiger partial charge in [0.15, 0.2) is 0 Å². The van der Waals surface area contributed by atoms with E-state index in [4.69, 9.17) is 4.74 Å². The molecule has 0 spiro atoms. The minimum absolute atomic E-state index is 0.138. The Hall–Kier alpha value is -1.46. The Labute approximate surface area is 87.2 Å². The van der Waals surface area contributed by atoms with Crippen LogP contribution < -0.4 is 5.32 Å². The minimum atomic E-state index is -0.379. The Balaban J connectivity index is 1.94. The highest BCUT2D eigenvalue weighted by Crippen LogP contribution is 2.13. The van der Waals surface area contributed by atoms with E-state index in [1.54, 1.807) is 12.1 Å². The van der Waals surface area contributed by atoms with Crippen molar-refractivity contribution in [2.45, 2.75) is 12.6 Å². The van der Waals surface area contributed by atoms with Crippen LogP contribution in [0.4, 0.5) is 5.69 Å². The molecule has 0 saturated carbocycles. The van der Waals surface area contributed by atoms with Gasteiger partial charge in [0.25, 0.3) is 5.69 Å². The summed E-state index contributed by atoms with van der Waals surface area (Å²) in [7, 11) is 0. The van der Waals surface area contributed by atoms with Crippen LogP contribution in [0.2, 0.25) is 0 Å². The molecule has 0 aromatic heterocycles. The lowest BCUT2D eigenvalue weighted by Crippen LogP contribution is -2.45. The summed E-state index contributed by atoms with van der Waals surface area (Å²) in [6.07, 6.45) is 0. The lowest BCUT2D eigenvalue weighted by atomic mass is 10.2. The number of nitrogens with one attached hydrogen (secondary N) is 1. The molecule has 1 aromatic rings. The Morgan fingerprint density at radius 1 is 1.53 bits per heavy atom. The number of non-ortho nitro benzene ring substituents is 1. The summed E-state index contributed by atoms with van der Waals surface area (Å²) in [5, 5.41) is 13.8. The first-order valence-electron chi connectivity index (χ1n) is 4.80. The van der Waals surface area contributed by atoms with Gasteiger partial charge in [-0.2, -0.15) is 0 Å². The third-order valence-electron chi connectivity index (χ3n) is 2.35. The van der Waals surface area contributed by atoms with Crippen molar-refractivity contribution < 1.29 is 9.66 Å². The van der Waals surface area contributed by atoms with Gasteiger partial charge < -0.3 is 10.1 Å². The Morgan fingerprint density at radius 3 is 2.93 bits per heavy atom. The standard InChI is InChI=1S/C10H12N2O3/c13-12(14)10-3-1-2-8(4-10)5-11-9-6-15-7-9/h1-4,9,11H,5-7H2. The third kappa shape index (κ3) is 2.51. The van der Waals surface area contributed by atoms with Crippen molar-refractivity contribution in [1.29, 1.82) is 0 Å². The molecule has 0 radical (unpaired) electrons. The summed E-state index contributed by atoms with van der Waals surface area (Å²) in [6, 6.07) is 7.05. The first-order chi connectivity index (χ1) is 7.25. The molecule has 0 bridgehead atoms. The molecule has 15 heavy (non-hydrogen) atoms. The van der Waals surface area contributed by atoms with Crippen LogP contribution in [0.15, 0.2) is 24.3 Å². The topological polar surface area (TPSA) is 64.4 Å². The maximum Gasteiger partial charge on any atom is 0.269 e. The van der Waals surface area contributed by atoms with Gasteiger partial charge in [-0.15, -0.1) is 0 Å². The number of ether oxygens (including phenoxy) is 1. The second-order valence-electron chi connectivity index (χ2n) is 3.54. The Kier molecular flexibility index (Phi) is 2.94. The smallest absolute Gasteiger partial charge is 0.269 e. The van der Waals surface area contributed by atoms with Crippen LogP contribution in [0, 0.1) is 10.1 Å². The molecule has 5 nitrogen and oxygen atoms in total. The fourth-order valence-corrected chi connectivity index (χ4v) is 1.40. The van der Waals surface area contributed by atoms with Gasteiger partial charge in [-0.1, -0.05) is 12.1 Å². The molecule has 0 amide bonds. The van der Waals surface area contributed by atoms with Gasteiger partial charge in [-0.25, -0.2) is 0 Å². The van der Waals surface area contributed by atoms with E-state index in [1.807, 2.05) is 6.07 Å². The highest BCUT2D eigenvalue weighted by molar-refractivity contribution is 5.34. The summed E-state index contributed by atoms with van der Waals surface area (Å²) in [6.45, 7) is 2.11. The quantitative estimate of drug-likeness (QED) is 0.594. The molecule has 1 fully saturated rings. The summed E-state index contributed by atoms with van der Waals surface area (Å²) >= 11 is 0. The molecule has 0 atom stereocenters. The van der Waals surface area contributed by atoms with Gasteiger partial charge >= 0.3 is 0 Å². The first kappa shape index (κ1) is 10.1. The van der Waals surface area contributed by atoms with Crippen molar-refractivity contribution in [2.24, 2.45) is 0 Å². The summed E-state index contributed by atoms with van der Waals surface area (Å²) in [5.74, 6) is 0. The van der Waals surface area contributed by atoms with Crippen LogP contribution >= 0.6 is 0 Å². The molecule has 1 aliphatic rings. The molecule has 1 N–H and O–H groups in total. The lowest BCUT2D eigenvalue weighted by Gasteiger charge is -2.26. The van der Waals surface area contributed by atoms with Gasteiger partial charge in [0.1, 0.15) is 0 Å². The van der Waals surface area contributed by atoms with Crippen LogP contribution in [0.5, 0.6) is 0 Å². The Morgan fingerprint density at radius 2 is 2.33 bits per heavy atom. The number of nitro benzene ring substituents is 1. The fraction of sp³-hybridized carbons (Fsp3) is 0.400. The molecule has 0 aliphatic carbocycles. The molecule has 5 heteroatoms. The third-order valence-corrected chi connectivity index (χ3v) is 2.35. The van der Waals surface area contributed by atoms with E-state index < -0.39 is 0 Å². The van der Waals surface area contributed by atoms with Gasteiger partial charge in [-0.3, -0.25) is 10.1 Å². The van der Waals surface area contributed by atoms with Gasteiger partial charge in [0.2, 0.25) is 0 Å². The molecule has 1 aromatic carbocycles. The maximum absolute atomic E-state index is 10.5. The van der Waals surface area contributed by atoms with E-state index in [1.165, 1.54) is 6.07 Å². The largest absolute Gasteiger partial charge is 0.378 e. The number of hydrogen-bond acceptors (Lipinski definition) is 4. The summed E-state index contributed by atoms with van der Waals surface area (Å²) in [5.41, 5.74) is 1.07. The van der Waals surface area contributed by atoms with Crippen LogP contribution in [0.25, 0.3) is 0 Å². The molecule has 80 valence electrons. The predicted octanol–water partition coefficient (Wildman–Crippen LogP) is 1.08. The number of nitrogens with zero attached hydrogens (tertiary/aromatic N) is 1. The fourth-order valence-electron chi connectivity index (χ4n) is 1.40. The summed E-state index contributed by atoms with van der Waals surface area (Å²) in [4.78, 5) is 10.1. The highest BCUT2D eigenvalue weighted by atomic mass is 16.6. The van der Waals surface area contributed by atoms with Crippen LogP contribution in [-0.2, 0) is 11.3 Å². The maximum atomic E-state index is 10.5. The molecular formula is C10H12N2O3. The number of hydrogen-bond donors (Lipinski definition) is 1. The van der Waals surface area contributed by atoms with Gasteiger partial charge in [0.05, 0.1) is 24.2 Å². The number of rotatable bonds is 4. The van der Waals surface area contributed by atoms with E-state index >= 15 is 0 Å². The van der Waals surface area contributed by atoms with Crippen molar-refractivity contribution in [3.8, 4) is 0 Å². The average molecular weight is 208 g/mol. The van der Waals surface area contributed by atoms with Crippen molar-refractivity contribution in [2.75, 3.05) is 13.2 Å². The van der Waals surface area contributed by atoms with E-state index in [-0.39, 0.29) is 10.6 Å². The van der Waals surface area contributed by atoms with E-state index in [0.29, 0.717) is 12.6 Å². The second kappa shape index (κ2) is 4.37. The SMILES string of the molecule is O=[N+]([O-])c1cccc(CNC2COC2)c1. The zero-order chi connectivity index (χ0) is 10.7. The summed E-state index contributed by atoms with van der Waals surface area (Å²) < 4.78 is 5.01. The predicted molar refractivity (Wildman–Crippen MR) is 54.5 cm³/mol. The van der Waals surface area contributed by atoms with Crippen molar-refractivity contribution in [3.63, 3.8) is 0 Å². The monoisotopic (exact) mass is 208 g/mol. The van der Waals surface area contributed by atoms with E-state index in [9.17, 15) is 10.1 Å². The number of nitro groups is 1. The van der Waals surface area contributed by atoms with Crippen molar-refractivity contribution in [3.05, 3.63) is 39.9 Å². The van der Waals surface area contributed by atoms with Gasteiger partial charge in [0, 0.05) is 18.7 Å². The molecule has 1 saturated heterocycles. The average Bonchev–Trinajstić information content (AvgIpc) is 2.16.